The lowest BCUT2D eigenvalue weighted by Gasteiger charge is -2.28. The Morgan fingerprint density at radius 2 is 1.89 bits per heavy atom. The van der Waals surface area contributed by atoms with Gasteiger partial charge in [-0.05, 0) is 24.5 Å². The van der Waals surface area contributed by atoms with Gasteiger partial charge in [-0.25, -0.2) is 4.79 Å². The average Bonchev–Trinajstić information content (AvgIpc) is 2.46. The molecular weight excluding hydrogens is 242 g/mol. The maximum absolute atomic E-state index is 12.1. The molecule has 0 heterocycles. The number of aryl methyl sites for hydroxylation is 1. The second-order valence-electron chi connectivity index (χ2n) is 4.59. The summed E-state index contributed by atoms with van der Waals surface area (Å²) in [6.45, 7) is 5.05. The van der Waals surface area contributed by atoms with E-state index in [1.54, 1.807) is 7.11 Å². The molecule has 0 aliphatic carbocycles. The molecule has 0 aromatic heterocycles. The van der Waals surface area contributed by atoms with Crippen molar-refractivity contribution in [2.75, 3.05) is 27.4 Å². The maximum atomic E-state index is 12.1. The number of benzene rings is 1. The van der Waals surface area contributed by atoms with Gasteiger partial charge in [-0.15, -0.1) is 0 Å². The van der Waals surface area contributed by atoms with Crippen LogP contribution in [0.15, 0.2) is 24.3 Å². The Kier molecular flexibility index (Phi) is 5.99. The third kappa shape index (κ3) is 3.78. The Bertz CT molecular complexity index is 402. The van der Waals surface area contributed by atoms with Crippen molar-refractivity contribution in [3.8, 4) is 0 Å². The molecule has 0 aliphatic heterocycles. The molecule has 4 nitrogen and oxygen atoms in total. The van der Waals surface area contributed by atoms with Gasteiger partial charge in [0.1, 0.15) is 5.54 Å². The lowest BCUT2D eigenvalue weighted by molar-refractivity contribution is -0.148. The van der Waals surface area contributed by atoms with Crippen molar-refractivity contribution in [2.24, 2.45) is 0 Å². The molecule has 1 aromatic rings. The summed E-state index contributed by atoms with van der Waals surface area (Å²) < 4.78 is 9.92. The van der Waals surface area contributed by atoms with E-state index in [0.29, 0.717) is 13.2 Å². The molecular formula is C15H23NO3. The molecule has 0 spiro atoms. The summed E-state index contributed by atoms with van der Waals surface area (Å²) in [5, 5.41) is 3.20. The highest BCUT2D eigenvalue weighted by Gasteiger charge is 2.35. The highest BCUT2D eigenvalue weighted by molar-refractivity contribution is 5.82. The largest absolute Gasteiger partial charge is 0.467 e. The highest BCUT2D eigenvalue weighted by atomic mass is 16.5. The third-order valence-electron chi connectivity index (χ3n) is 3.32. The molecule has 0 aliphatic rings. The molecule has 1 atom stereocenters. The topological polar surface area (TPSA) is 47.6 Å². The monoisotopic (exact) mass is 265 g/mol. The molecule has 4 heteroatoms. The van der Waals surface area contributed by atoms with Crippen LogP contribution in [-0.2, 0) is 26.2 Å². The van der Waals surface area contributed by atoms with E-state index in [0.717, 1.165) is 12.0 Å². The first-order valence-corrected chi connectivity index (χ1v) is 6.50. The van der Waals surface area contributed by atoms with Crippen molar-refractivity contribution in [3.63, 3.8) is 0 Å². The Labute approximate surface area is 115 Å². The number of methoxy groups -OCH3 is 2. The summed E-state index contributed by atoms with van der Waals surface area (Å²) in [7, 11) is 3.03. The summed E-state index contributed by atoms with van der Waals surface area (Å²) in [5.74, 6) is -0.298. The van der Waals surface area contributed by atoms with Gasteiger partial charge in [0.15, 0.2) is 0 Å². The molecule has 0 saturated heterocycles. The van der Waals surface area contributed by atoms with Gasteiger partial charge in [0.2, 0.25) is 0 Å². The second-order valence-corrected chi connectivity index (χ2v) is 4.59. The number of hydrogen-bond acceptors (Lipinski definition) is 4. The SMILES string of the molecule is CCc1ccc(C(C)(NCCOC)C(=O)OC)cc1. The van der Waals surface area contributed by atoms with E-state index >= 15 is 0 Å². The van der Waals surface area contributed by atoms with Crippen molar-refractivity contribution in [1.29, 1.82) is 0 Å². The maximum Gasteiger partial charge on any atom is 0.330 e. The predicted molar refractivity (Wildman–Crippen MR) is 75.1 cm³/mol. The van der Waals surface area contributed by atoms with E-state index in [1.165, 1.54) is 12.7 Å². The molecule has 0 fully saturated rings. The summed E-state index contributed by atoms with van der Waals surface area (Å²) >= 11 is 0. The van der Waals surface area contributed by atoms with E-state index in [4.69, 9.17) is 9.47 Å². The average molecular weight is 265 g/mol. The normalized spacial score (nSPS) is 13.9. The van der Waals surface area contributed by atoms with Crippen LogP contribution in [0.4, 0.5) is 0 Å². The van der Waals surface area contributed by atoms with E-state index in [-0.39, 0.29) is 5.97 Å². The first-order chi connectivity index (χ1) is 9.08. The zero-order valence-corrected chi connectivity index (χ0v) is 12.2. The first-order valence-electron chi connectivity index (χ1n) is 6.50. The molecule has 1 rings (SSSR count). The fourth-order valence-corrected chi connectivity index (χ4v) is 1.97. The highest BCUT2D eigenvalue weighted by Crippen LogP contribution is 2.23. The van der Waals surface area contributed by atoms with E-state index in [2.05, 4.69) is 12.2 Å². The van der Waals surface area contributed by atoms with Crippen LogP contribution in [0.1, 0.15) is 25.0 Å². The number of carbonyl (C=O) groups is 1. The van der Waals surface area contributed by atoms with Crippen molar-refractivity contribution in [2.45, 2.75) is 25.8 Å². The number of ether oxygens (including phenoxy) is 2. The van der Waals surface area contributed by atoms with Crippen LogP contribution in [0.25, 0.3) is 0 Å². The van der Waals surface area contributed by atoms with E-state index < -0.39 is 5.54 Å². The Morgan fingerprint density at radius 3 is 2.37 bits per heavy atom. The number of nitrogens with one attached hydrogen (secondary N) is 1. The number of carbonyl (C=O) groups excluding carboxylic acids is 1. The number of rotatable bonds is 7. The van der Waals surface area contributed by atoms with Gasteiger partial charge in [0.05, 0.1) is 13.7 Å². The molecule has 0 amide bonds. The fraction of sp³-hybridized carbons (Fsp3) is 0.533. The van der Waals surface area contributed by atoms with Gasteiger partial charge in [-0.1, -0.05) is 31.2 Å². The molecule has 1 aromatic carbocycles. The Balaban J connectivity index is 2.97. The quantitative estimate of drug-likeness (QED) is 0.604. The zero-order chi connectivity index (χ0) is 14.3. The van der Waals surface area contributed by atoms with Crippen LogP contribution >= 0.6 is 0 Å². The van der Waals surface area contributed by atoms with E-state index in [9.17, 15) is 4.79 Å². The second kappa shape index (κ2) is 7.26. The van der Waals surface area contributed by atoms with Crippen molar-refractivity contribution in [3.05, 3.63) is 35.4 Å². The molecule has 0 saturated carbocycles. The Morgan fingerprint density at radius 1 is 1.26 bits per heavy atom. The smallest absolute Gasteiger partial charge is 0.330 e. The molecule has 0 radical (unpaired) electrons. The minimum Gasteiger partial charge on any atom is -0.467 e. The van der Waals surface area contributed by atoms with Crippen LogP contribution in [0.5, 0.6) is 0 Å². The molecule has 1 N–H and O–H groups in total. The van der Waals surface area contributed by atoms with Gasteiger partial charge in [-0.2, -0.15) is 0 Å². The molecule has 19 heavy (non-hydrogen) atoms. The molecule has 1 unspecified atom stereocenters. The minimum absolute atomic E-state index is 0.298. The lowest BCUT2D eigenvalue weighted by atomic mass is 9.91. The third-order valence-corrected chi connectivity index (χ3v) is 3.32. The van der Waals surface area contributed by atoms with Crippen LogP contribution < -0.4 is 5.32 Å². The van der Waals surface area contributed by atoms with Crippen LogP contribution in [-0.4, -0.2) is 33.3 Å². The molecule has 0 bridgehead atoms. The summed E-state index contributed by atoms with van der Waals surface area (Å²) in [5.41, 5.74) is 1.29. The van der Waals surface area contributed by atoms with Gasteiger partial charge in [0, 0.05) is 13.7 Å². The van der Waals surface area contributed by atoms with Gasteiger partial charge >= 0.3 is 5.97 Å². The van der Waals surface area contributed by atoms with Gasteiger partial charge in [-0.3, -0.25) is 5.32 Å². The number of esters is 1. The summed E-state index contributed by atoms with van der Waals surface area (Å²) in [6, 6.07) is 8.01. The lowest BCUT2D eigenvalue weighted by Crippen LogP contribution is -2.48. The van der Waals surface area contributed by atoms with Crippen molar-refractivity contribution in [1.82, 2.24) is 5.32 Å². The van der Waals surface area contributed by atoms with Gasteiger partial charge < -0.3 is 9.47 Å². The van der Waals surface area contributed by atoms with Crippen molar-refractivity contribution >= 4 is 5.97 Å². The van der Waals surface area contributed by atoms with Gasteiger partial charge in [0.25, 0.3) is 0 Å². The standard InChI is InChI=1S/C15H23NO3/c1-5-12-6-8-13(9-7-12)15(2,14(17)19-4)16-10-11-18-3/h6-9,16H,5,10-11H2,1-4H3. The van der Waals surface area contributed by atoms with Crippen molar-refractivity contribution < 1.29 is 14.3 Å². The summed E-state index contributed by atoms with van der Waals surface area (Å²) in [6.07, 6.45) is 0.978. The minimum atomic E-state index is -0.848. The fourth-order valence-electron chi connectivity index (χ4n) is 1.97. The number of hydrogen-bond donors (Lipinski definition) is 1. The van der Waals surface area contributed by atoms with Crippen LogP contribution in [0.2, 0.25) is 0 Å². The Hall–Kier alpha value is -1.39. The summed E-state index contributed by atoms with van der Waals surface area (Å²) in [4.78, 5) is 12.1. The predicted octanol–water partition coefficient (Wildman–Crippen LogP) is 1.87. The van der Waals surface area contributed by atoms with Crippen LogP contribution in [0.3, 0.4) is 0 Å². The van der Waals surface area contributed by atoms with Crippen LogP contribution in [0, 0.1) is 0 Å². The first kappa shape index (κ1) is 15.7. The molecule has 106 valence electrons. The zero-order valence-electron chi connectivity index (χ0n) is 12.2. The van der Waals surface area contributed by atoms with E-state index in [1.807, 2.05) is 31.2 Å².